The summed E-state index contributed by atoms with van der Waals surface area (Å²) in [6, 6.07) is 12.0. The molecule has 26 heavy (non-hydrogen) atoms. The summed E-state index contributed by atoms with van der Waals surface area (Å²) in [6.45, 7) is 0.607. The lowest BCUT2D eigenvalue weighted by molar-refractivity contribution is -0.384. The van der Waals surface area contributed by atoms with E-state index >= 15 is 0 Å². The maximum atomic E-state index is 13.0. The van der Waals surface area contributed by atoms with E-state index in [0.29, 0.717) is 6.54 Å². The molecule has 0 radical (unpaired) electrons. The number of thiazole rings is 1. The van der Waals surface area contributed by atoms with Gasteiger partial charge in [-0.25, -0.2) is 4.98 Å². The summed E-state index contributed by atoms with van der Waals surface area (Å²) in [5.74, 6) is -0.230. The molecule has 4 rings (SSSR count). The molecular weight excluding hydrogens is 374 g/mol. The van der Waals surface area contributed by atoms with Gasteiger partial charge in [0, 0.05) is 18.2 Å². The molecule has 132 valence electrons. The maximum absolute atomic E-state index is 13.0. The zero-order valence-electron chi connectivity index (χ0n) is 13.6. The van der Waals surface area contributed by atoms with Crippen LogP contribution in [0.1, 0.15) is 34.2 Å². The molecule has 0 aliphatic carbocycles. The molecule has 0 spiro atoms. The molecule has 1 unspecified atom stereocenters. The van der Waals surface area contributed by atoms with Crippen molar-refractivity contribution < 1.29 is 9.72 Å². The van der Waals surface area contributed by atoms with Gasteiger partial charge in [-0.2, -0.15) is 0 Å². The fourth-order valence-electron chi connectivity index (χ4n) is 3.25. The molecule has 8 heteroatoms. The highest BCUT2D eigenvalue weighted by molar-refractivity contribution is 7.18. The Labute approximate surface area is 158 Å². The largest absolute Gasteiger partial charge is 0.329 e. The summed E-state index contributed by atoms with van der Waals surface area (Å²) < 4.78 is 1.09. The van der Waals surface area contributed by atoms with Crippen LogP contribution in [-0.4, -0.2) is 27.3 Å². The van der Waals surface area contributed by atoms with Crippen molar-refractivity contribution in [2.75, 3.05) is 6.54 Å². The summed E-state index contributed by atoms with van der Waals surface area (Å²) in [5.41, 5.74) is 0.941. The van der Waals surface area contributed by atoms with Crippen molar-refractivity contribution in [3.63, 3.8) is 0 Å². The van der Waals surface area contributed by atoms with E-state index in [9.17, 15) is 14.9 Å². The third kappa shape index (κ3) is 2.93. The Hall–Kier alpha value is -2.51. The highest BCUT2D eigenvalue weighted by Crippen LogP contribution is 2.37. The molecule has 1 fully saturated rings. The molecule has 2 heterocycles. The molecule has 1 atom stereocenters. The Kier molecular flexibility index (Phi) is 4.34. The standard InChI is InChI=1S/C18H14ClN3O3S/c19-12-8-7-11(10-15(12)22(24)25)18(23)21-9-3-5-14(21)17-20-13-4-1-2-6-16(13)26-17/h1-2,4,6-8,10,14H,3,5,9H2. The molecule has 0 saturated carbocycles. The Morgan fingerprint density at radius 2 is 2.12 bits per heavy atom. The third-order valence-corrected chi connectivity index (χ3v) is 5.96. The smallest absolute Gasteiger partial charge is 0.288 e. The summed E-state index contributed by atoms with van der Waals surface area (Å²) in [4.78, 5) is 29.9. The van der Waals surface area contributed by atoms with Gasteiger partial charge in [0.15, 0.2) is 0 Å². The van der Waals surface area contributed by atoms with Crippen molar-refractivity contribution in [2.45, 2.75) is 18.9 Å². The number of fused-ring (bicyclic) bond motifs is 1. The topological polar surface area (TPSA) is 76.3 Å². The average molecular weight is 388 g/mol. The second-order valence-electron chi connectivity index (χ2n) is 6.10. The first-order valence-corrected chi connectivity index (χ1v) is 9.34. The average Bonchev–Trinajstić information content (AvgIpc) is 3.27. The van der Waals surface area contributed by atoms with Crippen LogP contribution >= 0.6 is 22.9 Å². The van der Waals surface area contributed by atoms with Crippen LogP contribution in [0.15, 0.2) is 42.5 Å². The van der Waals surface area contributed by atoms with Gasteiger partial charge >= 0.3 is 0 Å². The molecule has 0 bridgehead atoms. The summed E-state index contributed by atoms with van der Waals surface area (Å²) in [5, 5.41) is 12.0. The summed E-state index contributed by atoms with van der Waals surface area (Å²) in [6.07, 6.45) is 1.71. The Morgan fingerprint density at radius 1 is 1.31 bits per heavy atom. The fourth-order valence-corrected chi connectivity index (χ4v) is 4.55. The number of hydrogen-bond acceptors (Lipinski definition) is 5. The van der Waals surface area contributed by atoms with Crippen LogP contribution in [0.5, 0.6) is 0 Å². The Bertz CT molecular complexity index is 987. The Morgan fingerprint density at radius 3 is 2.88 bits per heavy atom. The van der Waals surface area contributed by atoms with Gasteiger partial charge in [-0.15, -0.1) is 11.3 Å². The van der Waals surface area contributed by atoms with Gasteiger partial charge in [0.2, 0.25) is 0 Å². The number of halogens is 1. The number of para-hydroxylation sites is 1. The highest BCUT2D eigenvalue weighted by atomic mass is 35.5. The molecule has 1 aliphatic rings. The van der Waals surface area contributed by atoms with Crippen molar-refractivity contribution in [3.05, 3.63) is 68.2 Å². The zero-order chi connectivity index (χ0) is 18.3. The molecule has 1 amide bonds. The number of likely N-dealkylation sites (tertiary alicyclic amines) is 1. The lowest BCUT2D eigenvalue weighted by atomic mass is 10.1. The van der Waals surface area contributed by atoms with E-state index in [0.717, 1.165) is 28.1 Å². The van der Waals surface area contributed by atoms with E-state index in [4.69, 9.17) is 11.6 Å². The van der Waals surface area contributed by atoms with Crippen molar-refractivity contribution in [3.8, 4) is 0 Å². The molecule has 0 N–H and O–H groups in total. The van der Waals surface area contributed by atoms with Crippen LogP contribution in [0.4, 0.5) is 5.69 Å². The van der Waals surface area contributed by atoms with Crippen LogP contribution in [0, 0.1) is 10.1 Å². The van der Waals surface area contributed by atoms with Crippen LogP contribution in [0.25, 0.3) is 10.2 Å². The van der Waals surface area contributed by atoms with Crippen LogP contribution in [0.2, 0.25) is 5.02 Å². The van der Waals surface area contributed by atoms with E-state index in [-0.39, 0.29) is 28.2 Å². The fraction of sp³-hybridized carbons (Fsp3) is 0.222. The van der Waals surface area contributed by atoms with E-state index in [1.54, 1.807) is 16.2 Å². The molecular formula is C18H14ClN3O3S. The number of aromatic nitrogens is 1. The van der Waals surface area contributed by atoms with E-state index in [2.05, 4.69) is 4.98 Å². The predicted molar refractivity (Wildman–Crippen MR) is 101 cm³/mol. The summed E-state index contributed by atoms with van der Waals surface area (Å²) in [7, 11) is 0. The first-order valence-electron chi connectivity index (χ1n) is 8.15. The van der Waals surface area contributed by atoms with Gasteiger partial charge in [-0.1, -0.05) is 23.7 Å². The molecule has 1 saturated heterocycles. The minimum Gasteiger partial charge on any atom is -0.329 e. The number of benzene rings is 2. The molecule has 1 aliphatic heterocycles. The minimum absolute atomic E-state index is 0.0238. The third-order valence-electron chi connectivity index (χ3n) is 4.50. The van der Waals surface area contributed by atoms with Crippen molar-refractivity contribution in [1.29, 1.82) is 0 Å². The van der Waals surface area contributed by atoms with Gasteiger partial charge in [0.1, 0.15) is 10.0 Å². The quantitative estimate of drug-likeness (QED) is 0.476. The van der Waals surface area contributed by atoms with Crippen LogP contribution < -0.4 is 0 Å². The number of rotatable bonds is 3. The lowest BCUT2D eigenvalue weighted by Crippen LogP contribution is -2.30. The number of nitro benzene ring substituents is 1. The lowest BCUT2D eigenvalue weighted by Gasteiger charge is -2.23. The molecule has 2 aromatic carbocycles. The number of nitro groups is 1. The van der Waals surface area contributed by atoms with Crippen molar-refractivity contribution >= 4 is 44.7 Å². The second kappa shape index (κ2) is 6.66. The van der Waals surface area contributed by atoms with Crippen LogP contribution in [0.3, 0.4) is 0 Å². The maximum Gasteiger partial charge on any atom is 0.288 e. The highest BCUT2D eigenvalue weighted by Gasteiger charge is 2.33. The SMILES string of the molecule is O=C(c1ccc(Cl)c([N+](=O)[O-])c1)N1CCCC1c1nc2ccccc2s1. The second-order valence-corrected chi connectivity index (χ2v) is 7.57. The van der Waals surface area contributed by atoms with Gasteiger partial charge in [0.05, 0.1) is 21.2 Å². The van der Waals surface area contributed by atoms with Gasteiger partial charge in [-0.05, 0) is 37.1 Å². The van der Waals surface area contributed by atoms with Crippen molar-refractivity contribution in [2.24, 2.45) is 0 Å². The summed E-state index contributed by atoms with van der Waals surface area (Å²) >= 11 is 7.44. The number of hydrogen-bond donors (Lipinski definition) is 0. The van der Waals surface area contributed by atoms with E-state index in [1.165, 1.54) is 18.2 Å². The predicted octanol–water partition coefficient (Wildman–Crippen LogP) is 4.84. The monoisotopic (exact) mass is 387 g/mol. The van der Waals surface area contributed by atoms with Gasteiger partial charge in [0.25, 0.3) is 11.6 Å². The van der Waals surface area contributed by atoms with Crippen LogP contribution in [-0.2, 0) is 0 Å². The number of nitrogens with zero attached hydrogens (tertiary/aromatic N) is 3. The number of carbonyl (C=O) groups is 1. The van der Waals surface area contributed by atoms with Crippen molar-refractivity contribution in [1.82, 2.24) is 9.88 Å². The van der Waals surface area contributed by atoms with Gasteiger partial charge in [-0.3, -0.25) is 14.9 Å². The van der Waals surface area contributed by atoms with Gasteiger partial charge < -0.3 is 4.90 Å². The normalized spacial score (nSPS) is 17.0. The number of carbonyl (C=O) groups excluding carboxylic acids is 1. The number of amides is 1. The molecule has 6 nitrogen and oxygen atoms in total. The minimum atomic E-state index is -0.575. The molecule has 3 aromatic rings. The first-order chi connectivity index (χ1) is 12.5. The van der Waals surface area contributed by atoms with E-state index < -0.39 is 4.92 Å². The first kappa shape index (κ1) is 16.9. The van der Waals surface area contributed by atoms with E-state index in [1.807, 2.05) is 24.3 Å². The zero-order valence-corrected chi connectivity index (χ0v) is 15.2. The molecule has 1 aromatic heterocycles. The Balaban J connectivity index is 1.67.